The minimum Gasteiger partial charge on any atom is -0.340 e. The molecule has 1 saturated carbocycles. The largest absolute Gasteiger partial charge is 0.401 e. The van der Waals surface area contributed by atoms with Gasteiger partial charge in [0.2, 0.25) is 5.91 Å². The standard InChI is InChI=1S/C13H22F3N3O.2ClH/c14-13(15,16)9-18-4-6-19(7-5-18)12(20)8-10-2-1-3-11(10)17;;/h10-11H,1-9,17H2;2*1H/t10-,11+;;/m0../s1. The van der Waals surface area contributed by atoms with Crippen molar-refractivity contribution in [2.75, 3.05) is 32.7 Å². The summed E-state index contributed by atoms with van der Waals surface area (Å²) in [6, 6.07) is 0.102. The van der Waals surface area contributed by atoms with Gasteiger partial charge in [-0.05, 0) is 18.8 Å². The van der Waals surface area contributed by atoms with Crippen molar-refractivity contribution in [3.8, 4) is 0 Å². The molecule has 9 heteroatoms. The Labute approximate surface area is 141 Å². The lowest BCUT2D eigenvalue weighted by Gasteiger charge is -2.35. The fourth-order valence-electron chi connectivity index (χ4n) is 3.08. The number of halogens is 5. The Bertz CT molecular complexity index is 350. The van der Waals surface area contributed by atoms with E-state index in [1.54, 1.807) is 4.90 Å². The summed E-state index contributed by atoms with van der Waals surface area (Å²) in [5, 5.41) is 0. The molecule has 1 saturated heterocycles. The Morgan fingerprint density at radius 3 is 2.14 bits per heavy atom. The van der Waals surface area contributed by atoms with Crippen LogP contribution in [0.2, 0.25) is 0 Å². The van der Waals surface area contributed by atoms with E-state index in [0.29, 0.717) is 32.6 Å². The summed E-state index contributed by atoms with van der Waals surface area (Å²) in [7, 11) is 0. The Morgan fingerprint density at radius 1 is 1.09 bits per heavy atom. The van der Waals surface area contributed by atoms with Gasteiger partial charge < -0.3 is 10.6 Å². The lowest BCUT2D eigenvalue weighted by atomic mass is 9.99. The lowest BCUT2D eigenvalue weighted by Crippen LogP contribution is -2.51. The van der Waals surface area contributed by atoms with Gasteiger partial charge in [0.15, 0.2) is 0 Å². The van der Waals surface area contributed by atoms with E-state index in [2.05, 4.69) is 0 Å². The highest BCUT2D eigenvalue weighted by Gasteiger charge is 2.33. The number of carbonyl (C=O) groups excluding carboxylic acids is 1. The molecule has 2 N–H and O–H groups in total. The van der Waals surface area contributed by atoms with Gasteiger partial charge in [0, 0.05) is 38.6 Å². The first-order chi connectivity index (χ1) is 9.35. The molecule has 1 aliphatic heterocycles. The van der Waals surface area contributed by atoms with Crippen LogP contribution in [0.1, 0.15) is 25.7 Å². The lowest BCUT2D eigenvalue weighted by molar-refractivity contribution is -0.152. The quantitative estimate of drug-likeness (QED) is 0.832. The maximum absolute atomic E-state index is 12.3. The Kier molecular flexibility index (Phi) is 9.05. The molecule has 2 aliphatic rings. The van der Waals surface area contributed by atoms with Crippen molar-refractivity contribution in [3.63, 3.8) is 0 Å². The monoisotopic (exact) mass is 365 g/mol. The Morgan fingerprint density at radius 2 is 1.68 bits per heavy atom. The second-order valence-corrected chi connectivity index (χ2v) is 5.83. The number of rotatable bonds is 3. The van der Waals surface area contributed by atoms with Crippen LogP contribution in [-0.2, 0) is 4.79 Å². The van der Waals surface area contributed by atoms with Crippen LogP contribution in [0.5, 0.6) is 0 Å². The number of nitrogens with zero attached hydrogens (tertiary/aromatic N) is 2. The highest BCUT2D eigenvalue weighted by Crippen LogP contribution is 2.27. The van der Waals surface area contributed by atoms with Gasteiger partial charge in [0.25, 0.3) is 0 Å². The highest BCUT2D eigenvalue weighted by molar-refractivity contribution is 5.85. The predicted molar refractivity (Wildman–Crippen MR) is 83.5 cm³/mol. The van der Waals surface area contributed by atoms with Gasteiger partial charge in [-0.2, -0.15) is 13.2 Å². The molecule has 1 aliphatic carbocycles. The molecule has 2 rings (SSSR count). The molecule has 4 nitrogen and oxygen atoms in total. The molecule has 1 heterocycles. The van der Waals surface area contributed by atoms with Crippen LogP contribution >= 0.6 is 24.8 Å². The molecule has 0 radical (unpaired) electrons. The van der Waals surface area contributed by atoms with Crippen LogP contribution in [0.3, 0.4) is 0 Å². The first-order valence-corrected chi connectivity index (χ1v) is 7.17. The topological polar surface area (TPSA) is 49.6 Å². The van der Waals surface area contributed by atoms with E-state index < -0.39 is 12.7 Å². The van der Waals surface area contributed by atoms with Crippen molar-refractivity contribution >= 4 is 30.7 Å². The molecule has 1 amide bonds. The van der Waals surface area contributed by atoms with E-state index in [1.807, 2.05) is 0 Å². The van der Waals surface area contributed by atoms with Gasteiger partial charge in [-0.15, -0.1) is 24.8 Å². The van der Waals surface area contributed by atoms with Gasteiger partial charge in [-0.25, -0.2) is 0 Å². The third-order valence-electron chi connectivity index (χ3n) is 4.28. The first-order valence-electron chi connectivity index (χ1n) is 7.17. The van der Waals surface area contributed by atoms with E-state index in [0.717, 1.165) is 19.3 Å². The Balaban J connectivity index is 0.00000220. The highest BCUT2D eigenvalue weighted by atomic mass is 35.5. The molecular weight excluding hydrogens is 342 g/mol. The van der Waals surface area contributed by atoms with Gasteiger partial charge in [-0.1, -0.05) is 6.42 Å². The molecule has 0 aromatic carbocycles. The summed E-state index contributed by atoms with van der Waals surface area (Å²) in [6.07, 6.45) is -0.694. The molecule has 2 atom stereocenters. The van der Waals surface area contributed by atoms with Gasteiger partial charge in [-0.3, -0.25) is 9.69 Å². The molecule has 0 bridgehead atoms. The van der Waals surface area contributed by atoms with Gasteiger partial charge in [0.1, 0.15) is 0 Å². The van der Waals surface area contributed by atoms with Crippen LogP contribution < -0.4 is 5.73 Å². The van der Waals surface area contributed by atoms with Gasteiger partial charge in [0.05, 0.1) is 6.54 Å². The van der Waals surface area contributed by atoms with E-state index in [1.165, 1.54) is 4.90 Å². The van der Waals surface area contributed by atoms with E-state index in [9.17, 15) is 18.0 Å². The van der Waals surface area contributed by atoms with Crippen molar-refractivity contribution in [3.05, 3.63) is 0 Å². The van der Waals surface area contributed by atoms with Crippen molar-refractivity contribution < 1.29 is 18.0 Å². The second-order valence-electron chi connectivity index (χ2n) is 5.83. The average molecular weight is 366 g/mol. The molecule has 0 aromatic heterocycles. The van der Waals surface area contributed by atoms with Crippen LogP contribution in [0.25, 0.3) is 0 Å². The summed E-state index contributed by atoms with van der Waals surface area (Å²) in [6.45, 7) is 0.472. The Hall–Kier alpha value is -0.240. The normalized spacial score (nSPS) is 26.3. The zero-order valence-corrected chi connectivity index (χ0v) is 14.0. The molecule has 0 aromatic rings. The van der Waals surface area contributed by atoms with E-state index in [-0.39, 0.29) is 42.7 Å². The summed E-state index contributed by atoms with van der Waals surface area (Å²) >= 11 is 0. The third kappa shape index (κ3) is 6.48. The van der Waals surface area contributed by atoms with E-state index in [4.69, 9.17) is 5.73 Å². The van der Waals surface area contributed by atoms with Crippen LogP contribution in [0.4, 0.5) is 13.2 Å². The molecule has 0 unspecified atom stereocenters. The summed E-state index contributed by atoms with van der Waals surface area (Å²) in [5.41, 5.74) is 5.94. The van der Waals surface area contributed by atoms with Crippen molar-refractivity contribution in [2.24, 2.45) is 11.7 Å². The number of amides is 1. The average Bonchev–Trinajstić information content (AvgIpc) is 2.74. The zero-order chi connectivity index (χ0) is 14.8. The molecule has 22 heavy (non-hydrogen) atoms. The fourth-order valence-corrected chi connectivity index (χ4v) is 3.08. The third-order valence-corrected chi connectivity index (χ3v) is 4.28. The van der Waals surface area contributed by atoms with Crippen molar-refractivity contribution in [1.29, 1.82) is 0 Å². The van der Waals surface area contributed by atoms with Crippen LogP contribution in [0, 0.1) is 5.92 Å². The fraction of sp³-hybridized carbons (Fsp3) is 0.923. The molecule has 2 fully saturated rings. The minimum atomic E-state index is -4.16. The SMILES string of the molecule is Cl.Cl.N[C@@H]1CCC[C@H]1CC(=O)N1CCN(CC(F)(F)F)CC1. The van der Waals surface area contributed by atoms with Crippen LogP contribution in [0.15, 0.2) is 0 Å². The molecule has 132 valence electrons. The second kappa shape index (κ2) is 9.15. The maximum Gasteiger partial charge on any atom is 0.401 e. The number of carbonyl (C=O) groups is 1. The predicted octanol–water partition coefficient (Wildman–Crippen LogP) is 2.05. The van der Waals surface area contributed by atoms with Crippen molar-refractivity contribution in [2.45, 2.75) is 37.9 Å². The molecule has 0 spiro atoms. The minimum absolute atomic E-state index is 0. The number of hydrogen-bond acceptors (Lipinski definition) is 3. The number of nitrogens with two attached hydrogens (primary N) is 1. The zero-order valence-electron chi connectivity index (χ0n) is 12.3. The van der Waals surface area contributed by atoms with Crippen molar-refractivity contribution in [1.82, 2.24) is 9.80 Å². The number of alkyl halides is 3. The molecular formula is C13H24Cl2F3N3O. The maximum atomic E-state index is 12.3. The van der Waals surface area contributed by atoms with Crippen LogP contribution in [-0.4, -0.2) is 60.6 Å². The van der Waals surface area contributed by atoms with E-state index >= 15 is 0 Å². The van der Waals surface area contributed by atoms with Gasteiger partial charge >= 0.3 is 6.18 Å². The summed E-state index contributed by atoms with van der Waals surface area (Å²) < 4.78 is 36.8. The first kappa shape index (κ1) is 21.8. The summed E-state index contributed by atoms with van der Waals surface area (Å²) in [4.78, 5) is 15.2. The number of piperazine rings is 1. The smallest absolute Gasteiger partial charge is 0.340 e. The number of hydrogen-bond donors (Lipinski definition) is 1. The summed E-state index contributed by atoms with van der Waals surface area (Å²) in [5.74, 6) is 0.287.